The van der Waals surface area contributed by atoms with E-state index in [0.29, 0.717) is 22.3 Å². The molecule has 0 aromatic heterocycles. The summed E-state index contributed by atoms with van der Waals surface area (Å²) >= 11 is 3.86. The van der Waals surface area contributed by atoms with Crippen LogP contribution in [0.5, 0.6) is 5.75 Å². The fraction of sp³-hybridized carbons (Fsp3) is 0.667. The van der Waals surface area contributed by atoms with E-state index in [0.717, 1.165) is 12.2 Å². The van der Waals surface area contributed by atoms with Crippen molar-refractivity contribution in [1.82, 2.24) is 0 Å². The molecular formula is C18H25BrO. The van der Waals surface area contributed by atoms with Crippen LogP contribution >= 0.6 is 15.9 Å². The molecule has 1 nitrogen and oxygen atoms in total. The predicted molar refractivity (Wildman–Crippen MR) is 87.9 cm³/mol. The molecule has 0 aliphatic heterocycles. The molecule has 1 spiro atoms. The van der Waals surface area contributed by atoms with Gasteiger partial charge in [0.1, 0.15) is 11.9 Å². The summed E-state index contributed by atoms with van der Waals surface area (Å²) in [5, 5.41) is 0. The van der Waals surface area contributed by atoms with Crippen molar-refractivity contribution in [3.63, 3.8) is 0 Å². The molecular weight excluding hydrogens is 312 g/mol. The van der Waals surface area contributed by atoms with Crippen LogP contribution in [0.3, 0.4) is 0 Å². The fourth-order valence-electron chi connectivity index (χ4n) is 4.07. The third kappa shape index (κ3) is 2.30. The first-order chi connectivity index (χ1) is 9.53. The first-order valence-electron chi connectivity index (χ1n) is 7.94. The number of ether oxygens (including phenoxy) is 1. The molecule has 2 aliphatic carbocycles. The van der Waals surface area contributed by atoms with E-state index in [4.69, 9.17) is 4.74 Å². The maximum absolute atomic E-state index is 6.34. The second-order valence-corrected chi connectivity index (χ2v) is 8.03. The van der Waals surface area contributed by atoms with Crippen molar-refractivity contribution in [2.45, 2.75) is 69.7 Å². The number of hydrogen-bond donors (Lipinski definition) is 0. The third-order valence-corrected chi connectivity index (χ3v) is 6.65. The molecule has 2 saturated carbocycles. The van der Waals surface area contributed by atoms with E-state index in [1.165, 1.54) is 36.8 Å². The van der Waals surface area contributed by atoms with Gasteiger partial charge in [0.25, 0.3) is 0 Å². The number of rotatable bonds is 3. The van der Waals surface area contributed by atoms with Crippen LogP contribution in [0.25, 0.3) is 0 Å². The summed E-state index contributed by atoms with van der Waals surface area (Å²) in [7, 11) is 0. The number of alkyl halides is 1. The molecule has 0 amide bonds. The SMILES string of the molecule is Cc1cc(OC2CC(Br)C23CCCC3)ccc1C(C)C. The lowest BCUT2D eigenvalue weighted by Gasteiger charge is -2.51. The van der Waals surface area contributed by atoms with Gasteiger partial charge in [-0.05, 0) is 55.4 Å². The Bertz CT molecular complexity index is 488. The molecule has 2 aliphatic rings. The molecule has 0 heterocycles. The Morgan fingerprint density at radius 3 is 2.50 bits per heavy atom. The first kappa shape index (κ1) is 14.4. The highest BCUT2D eigenvalue weighted by molar-refractivity contribution is 9.09. The highest BCUT2D eigenvalue weighted by Crippen LogP contribution is 2.57. The lowest BCUT2D eigenvalue weighted by Crippen LogP contribution is -2.55. The Hall–Kier alpha value is -0.500. The monoisotopic (exact) mass is 336 g/mol. The van der Waals surface area contributed by atoms with E-state index in [-0.39, 0.29) is 0 Å². The van der Waals surface area contributed by atoms with Crippen molar-refractivity contribution in [3.8, 4) is 5.75 Å². The Morgan fingerprint density at radius 2 is 1.95 bits per heavy atom. The topological polar surface area (TPSA) is 9.23 Å². The number of halogens is 1. The van der Waals surface area contributed by atoms with Crippen molar-refractivity contribution < 1.29 is 4.74 Å². The van der Waals surface area contributed by atoms with Gasteiger partial charge in [-0.15, -0.1) is 0 Å². The number of aryl methyl sites for hydroxylation is 1. The van der Waals surface area contributed by atoms with Crippen molar-refractivity contribution >= 4 is 15.9 Å². The maximum Gasteiger partial charge on any atom is 0.120 e. The third-order valence-electron chi connectivity index (χ3n) is 5.36. The highest BCUT2D eigenvalue weighted by atomic mass is 79.9. The van der Waals surface area contributed by atoms with E-state index in [2.05, 4.69) is 54.9 Å². The quantitative estimate of drug-likeness (QED) is 0.653. The highest BCUT2D eigenvalue weighted by Gasteiger charge is 2.56. The minimum atomic E-state index is 0.415. The number of hydrogen-bond acceptors (Lipinski definition) is 1. The van der Waals surface area contributed by atoms with Crippen LogP contribution in [0.4, 0.5) is 0 Å². The summed E-state index contributed by atoms with van der Waals surface area (Å²) < 4.78 is 6.34. The fourth-order valence-corrected chi connectivity index (χ4v) is 5.16. The Kier molecular flexibility index (Phi) is 3.87. The van der Waals surface area contributed by atoms with Crippen molar-refractivity contribution in [2.75, 3.05) is 0 Å². The number of benzene rings is 1. The average molecular weight is 337 g/mol. The van der Waals surface area contributed by atoms with Crippen molar-refractivity contribution in [1.29, 1.82) is 0 Å². The lowest BCUT2D eigenvalue weighted by molar-refractivity contribution is -0.0304. The van der Waals surface area contributed by atoms with Gasteiger partial charge in [-0.25, -0.2) is 0 Å². The Balaban J connectivity index is 1.74. The van der Waals surface area contributed by atoms with Gasteiger partial charge in [0.05, 0.1) is 0 Å². The van der Waals surface area contributed by atoms with Gasteiger partial charge < -0.3 is 4.74 Å². The first-order valence-corrected chi connectivity index (χ1v) is 8.86. The molecule has 3 rings (SSSR count). The molecule has 0 saturated heterocycles. The summed E-state index contributed by atoms with van der Waals surface area (Å²) in [5.41, 5.74) is 3.21. The average Bonchev–Trinajstić information content (AvgIpc) is 2.90. The van der Waals surface area contributed by atoms with Crippen LogP contribution in [-0.4, -0.2) is 10.9 Å². The largest absolute Gasteiger partial charge is 0.490 e. The van der Waals surface area contributed by atoms with Gasteiger partial charge in [0.15, 0.2) is 0 Å². The molecule has 0 N–H and O–H groups in total. The molecule has 20 heavy (non-hydrogen) atoms. The predicted octanol–water partition coefficient (Wildman–Crippen LogP) is 5.59. The zero-order valence-corrected chi connectivity index (χ0v) is 14.4. The van der Waals surface area contributed by atoms with E-state index in [9.17, 15) is 0 Å². The van der Waals surface area contributed by atoms with Crippen molar-refractivity contribution in [3.05, 3.63) is 29.3 Å². The summed E-state index contributed by atoms with van der Waals surface area (Å²) in [4.78, 5) is 0.665. The van der Waals surface area contributed by atoms with Gasteiger partial charge in [-0.2, -0.15) is 0 Å². The smallest absolute Gasteiger partial charge is 0.120 e. The lowest BCUT2D eigenvalue weighted by atomic mass is 9.64. The maximum atomic E-state index is 6.34. The molecule has 1 aromatic rings. The molecule has 0 bridgehead atoms. The summed E-state index contributed by atoms with van der Waals surface area (Å²) in [6.45, 7) is 6.69. The second kappa shape index (κ2) is 5.36. The minimum absolute atomic E-state index is 0.415. The van der Waals surface area contributed by atoms with Crippen LogP contribution < -0.4 is 4.74 Å². The van der Waals surface area contributed by atoms with Crippen LogP contribution in [-0.2, 0) is 0 Å². The van der Waals surface area contributed by atoms with Gasteiger partial charge in [-0.1, -0.05) is 48.7 Å². The molecule has 110 valence electrons. The Labute approximate surface area is 131 Å². The summed E-state index contributed by atoms with van der Waals surface area (Å²) in [6, 6.07) is 6.62. The molecule has 2 atom stereocenters. The van der Waals surface area contributed by atoms with Gasteiger partial charge in [-0.3, -0.25) is 0 Å². The van der Waals surface area contributed by atoms with E-state index >= 15 is 0 Å². The summed E-state index contributed by atoms with van der Waals surface area (Å²) in [5.74, 6) is 1.64. The Morgan fingerprint density at radius 1 is 1.25 bits per heavy atom. The zero-order chi connectivity index (χ0) is 14.3. The van der Waals surface area contributed by atoms with E-state index in [1.807, 2.05) is 0 Å². The van der Waals surface area contributed by atoms with Gasteiger partial charge in [0.2, 0.25) is 0 Å². The van der Waals surface area contributed by atoms with Gasteiger partial charge >= 0.3 is 0 Å². The van der Waals surface area contributed by atoms with E-state index in [1.54, 1.807) is 0 Å². The molecule has 1 aromatic carbocycles. The van der Waals surface area contributed by atoms with E-state index < -0.39 is 0 Å². The normalized spacial score (nSPS) is 27.9. The standard InChI is InChI=1S/C18H25BrO/c1-12(2)15-7-6-14(10-13(15)3)20-17-11-16(19)18(17)8-4-5-9-18/h6-7,10,12,16-17H,4-5,8-9,11H2,1-3H3. The molecule has 0 radical (unpaired) electrons. The van der Waals surface area contributed by atoms with Crippen LogP contribution in [0, 0.1) is 12.3 Å². The van der Waals surface area contributed by atoms with Crippen molar-refractivity contribution in [2.24, 2.45) is 5.41 Å². The summed E-state index contributed by atoms with van der Waals surface area (Å²) in [6.07, 6.45) is 6.97. The molecule has 2 unspecified atom stereocenters. The second-order valence-electron chi connectivity index (χ2n) is 6.92. The molecule has 2 heteroatoms. The molecule has 2 fully saturated rings. The van der Waals surface area contributed by atoms with Crippen LogP contribution in [0.1, 0.15) is 63.0 Å². The van der Waals surface area contributed by atoms with Crippen LogP contribution in [0.15, 0.2) is 18.2 Å². The van der Waals surface area contributed by atoms with Gasteiger partial charge in [0, 0.05) is 10.2 Å². The van der Waals surface area contributed by atoms with Crippen LogP contribution in [0.2, 0.25) is 0 Å². The minimum Gasteiger partial charge on any atom is -0.490 e. The zero-order valence-electron chi connectivity index (χ0n) is 12.8.